The zero-order chi connectivity index (χ0) is 47.4. The van der Waals surface area contributed by atoms with Crippen LogP contribution in [-0.2, 0) is 0 Å². The zero-order valence-corrected chi connectivity index (χ0v) is 26.1. The van der Waals surface area contributed by atoms with Crippen molar-refractivity contribution in [1.82, 2.24) is 19.1 Å². The molecule has 0 N–H and O–H groups in total. The lowest BCUT2D eigenvalue weighted by Crippen LogP contribution is -1.95. The van der Waals surface area contributed by atoms with Gasteiger partial charge >= 0.3 is 0 Å². The second kappa shape index (κ2) is 10.8. The molecule has 0 bridgehead atoms. The Labute approximate surface area is 314 Å². The standard InChI is InChI=1S/C46H28N4O/c1-5-19-39-34(15-1)35-16-2-6-20-40(35)49(39)32-13-9-11-29(25-32)30-23-24-43-38(27-30)45-46(51-43)44(47-28-48-45)31-12-10-14-33(26-31)50-41-21-7-3-17-36(41)37-18-4-8-22-42(37)50/h1-28H/i1D,2D,3D,4D,5D,6D,7D,8D,15D,16D,17D,18D,19D,20D,21D,22D. The lowest BCUT2D eigenvalue weighted by Gasteiger charge is -2.10. The number of aromatic nitrogens is 4. The van der Waals surface area contributed by atoms with E-state index in [9.17, 15) is 0 Å². The second-order valence-corrected chi connectivity index (χ2v) is 11.9. The summed E-state index contributed by atoms with van der Waals surface area (Å²) in [7, 11) is 0. The van der Waals surface area contributed by atoms with Crippen molar-refractivity contribution < 1.29 is 26.3 Å². The van der Waals surface area contributed by atoms with Crippen LogP contribution in [0.4, 0.5) is 0 Å². The van der Waals surface area contributed by atoms with Gasteiger partial charge in [0.15, 0.2) is 5.58 Å². The summed E-state index contributed by atoms with van der Waals surface area (Å²) in [6, 6.07) is 11.6. The maximum absolute atomic E-state index is 8.92. The van der Waals surface area contributed by atoms with Crippen LogP contribution in [0, 0.1) is 0 Å². The lowest BCUT2D eigenvalue weighted by atomic mass is 10.0. The fourth-order valence-electron chi connectivity index (χ4n) is 6.94. The Bertz CT molecular complexity index is 3930. The Morgan fingerprint density at radius 2 is 0.961 bits per heavy atom. The van der Waals surface area contributed by atoms with Gasteiger partial charge in [-0.25, -0.2) is 9.97 Å². The molecule has 4 heterocycles. The van der Waals surface area contributed by atoms with Crippen LogP contribution in [0.1, 0.15) is 21.9 Å². The average molecular weight is 669 g/mol. The van der Waals surface area contributed by atoms with Crippen LogP contribution in [0.3, 0.4) is 0 Å². The molecule has 7 aromatic carbocycles. The monoisotopic (exact) mass is 668 g/mol. The van der Waals surface area contributed by atoms with Crippen molar-refractivity contribution in [3.05, 3.63) is 170 Å². The molecule has 0 saturated heterocycles. The Morgan fingerprint density at radius 1 is 0.471 bits per heavy atom. The molecule has 0 aliphatic rings. The largest absolute Gasteiger partial charge is 0.452 e. The van der Waals surface area contributed by atoms with Crippen molar-refractivity contribution in [2.24, 2.45) is 0 Å². The molecule has 4 aromatic heterocycles. The first-order valence-electron chi connectivity index (χ1n) is 23.8. The Morgan fingerprint density at radius 3 is 1.53 bits per heavy atom. The van der Waals surface area contributed by atoms with Gasteiger partial charge in [-0.05, 0) is 71.7 Å². The van der Waals surface area contributed by atoms with E-state index in [1.807, 2.05) is 18.2 Å². The van der Waals surface area contributed by atoms with Crippen molar-refractivity contribution in [3.63, 3.8) is 0 Å². The summed E-state index contributed by atoms with van der Waals surface area (Å²) in [6.45, 7) is 0. The molecular formula is C46H28N4O. The van der Waals surface area contributed by atoms with Crippen molar-refractivity contribution in [2.45, 2.75) is 0 Å². The molecule has 51 heavy (non-hydrogen) atoms. The van der Waals surface area contributed by atoms with Crippen LogP contribution in [0.2, 0.25) is 0 Å². The predicted octanol–water partition coefficient (Wildman–Crippen LogP) is 11.9. The summed E-state index contributed by atoms with van der Waals surface area (Å²) in [5, 5.41) is 0.463. The highest BCUT2D eigenvalue weighted by molar-refractivity contribution is 6.11. The molecule has 238 valence electrons. The molecule has 0 fully saturated rings. The topological polar surface area (TPSA) is 48.8 Å². The first kappa shape index (κ1) is 16.6. The molecule has 11 rings (SSSR count). The normalized spacial score (nSPS) is 16.3. The van der Waals surface area contributed by atoms with Crippen LogP contribution < -0.4 is 0 Å². The van der Waals surface area contributed by atoms with Crippen LogP contribution in [0.25, 0.3) is 99.4 Å². The maximum atomic E-state index is 8.92. The van der Waals surface area contributed by atoms with E-state index in [1.54, 1.807) is 48.5 Å². The summed E-state index contributed by atoms with van der Waals surface area (Å²) in [4.78, 5) is 9.18. The molecular weight excluding hydrogens is 625 g/mol. The molecule has 0 aliphatic heterocycles. The van der Waals surface area contributed by atoms with Gasteiger partial charge in [0.25, 0.3) is 0 Å². The van der Waals surface area contributed by atoms with E-state index in [2.05, 4.69) is 9.97 Å². The fraction of sp³-hybridized carbons (Fsp3) is 0. The highest BCUT2D eigenvalue weighted by Crippen LogP contribution is 2.38. The van der Waals surface area contributed by atoms with Gasteiger partial charge in [-0.2, -0.15) is 0 Å². The summed E-state index contributed by atoms with van der Waals surface area (Å²) >= 11 is 0. The molecule has 0 radical (unpaired) electrons. The van der Waals surface area contributed by atoms with Gasteiger partial charge in [-0.1, -0.05) is 103 Å². The van der Waals surface area contributed by atoms with Gasteiger partial charge in [-0.15, -0.1) is 0 Å². The van der Waals surface area contributed by atoms with E-state index >= 15 is 0 Å². The summed E-state index contributed by atoms with van der Waals surface area (Å²) in [5.41, 5.74) is 4.05. The van der Waals surface area contributed by atoms with Crippen molar-refractivity contribution >= 4 is 65.7 Å². The minimum Gasteiger partial charge on any atom is -0.452 e. The molecule has 5 nitrogen and oxygen atoms in total. The molecule has 0 amide bonds. The molecule has 5 heteroatoms. The summed E-state index contributed by atoms with van der Waals surface area (Å²) < 4.78 is 148. The number of hydrogen-bond acceptors (Lipinski definition) is 3. The van der Waals surface area contributed by atoms with Crippen molar-refractivity contribution in [3.8, 4) is 33.8 Å². The number of rotatable bonds is 4. The van der Waals surface area contributed by atoms with E-state index in [0.29, 0.717) is 55.8 Å². The zero-order valence-electron chi connectivity index (χ0n) is 42.1. The average Bonchev–Trinajstić information content (AvgIpc) is 4.02. The third kappa shape index (κ3) is 4.15. The first-order chi connectivity index (χ1) is 31.9. The molecule has 0 spiro atoms. The van der Waals surface area contributed by atoms with Crippen LogP contribution in [0.15, 0.2) is 174 Å². The second-order valence-electron chi connectivity index (χ2n) is 11.9. The van der Waals surface area contributed by atoms with Crippen molar-refractivity contribution in [1.29, 1.82) is 0 Å². The van der Waals surface area contributed by atoms with Crippen LogP contribution >= 0.6 is 0 Å². The van der Waals surface area contributed by atoms with Crippen molar-refractivity contribution in [2.75, 3.05) is 0 Å². The van der Waals surface area contributed by atoms with E-state index < -0.39 is 96.7 Å². The van der Waals surface area contributed by atoms with Crippen LogP contribution in [-0.4, -0.2) is 19.1 Å². The lowest BCUT2D eigenvalue weighted by molar-refractivity contribution is 0.667. The molecule has 0 aliphatic carbocycles. The number of fused-ring (bicyclic) bond motifs is 9. The van der Waals surface area contributed by atoms with E-state index in [4.69, 9.17) is 26.3 Å². The van der Waals surface area contributed by atoms with Crippen LogP contribution in [0.5, 0.6) is 0 Å². The number of hydrogen-bond donors (Lipinski definition) is 0. The van der Waals surface area contributed by atoms with Gasteiger partial charge in [0.05, 0.1) is 44.0 Å². The first-order valence-corrected chi connectivity index (χ1v) is 15.8. The van der Waals surface area contributed by atoms with Gasteiger partial charge < -0.3 is 13.6 Å². The van der Waals surface area contributed by atoms with Gasteiger partial charge in [0, 0.05) is 43.9 Å². The van der Waals surface area contributed by atoms with Gasteiger partial charge in [0.1, 0.15) is 23.1 Å². The quantitative estimate of drug-likeness (QED) is 0.187. The predicted molar refractivity (Wildman–Crippen MR) is 209 cm³/mol. The highest BCUT2D eigenvalue weighted by Gasteiger charge is 2.18. The minimum atomic E-state index is -0.540. The highest BCUT2D eigenvalue weighted by atomic mass is 16.3. The van der Waals surface area contributed by atoms with E-state index in [1.165, 1.54) is 15.5 Å². The Kier molecular flexibility index (Phi) is 3.51. The minimum absolute atomic E-state index is 0.00157. The van der Waals surface area contributed by atoms with Gasteiger partial charge in [0.2, 0.25) is 0 Å². The van der Waals surface area contributed by atoms with E-state index in [-0.39, 0.29) is 43.6 Å². The molecule has 11 aromatic rings. The maximum Gasteiger partial charge on any atom is 0.180 e. The Hall–Kier alpha value is -6.98. The summed E-state index contributed by atoms with van der Waals surface area (Å²) in [5.74, 6) is 0. The third-order valence-corrected chi connectivity index (χ3v) is 9.13. The fourth-order valence-corrected chi connectivity index (χ4v) is 6.94. The molecule has 0 saturated carbocycles. The number of para-hydroxylation sites is 4. The number of furan rings is 1. The molecule has 0 atom stereocenters. The SMILES string of the molecule is [2H]c1c([2H])c([2H])c2c(c1[2H])c1c([2H])c([2H])c([2H])c([2H])c1n2-c1cccc(-c2ccc3oc4c(-c5cccc(-n6c7c([2H])c([2H])c([2H])c([2H])c7c7c([2H])c([2H])c([2H])c([2H])c76)c5)ncnc4c3c2)c1. The number of benzene rings is 7. The van der Waals surface area contributed by atoms with E-state index in [0.717, 1.165) is 0 Å². The summed E-state index contributed by atoms with van der Waals surface area (Å²) in [6.07, 6.45) is 1.37. The third-order valence-electron chi connectivity index (χ3n) is 9.13. The number of nitrogens with zero attached hydrogens (tertiary/aromatic N) is 4. The molecule has 0 unspecified atom stereocenters. The van der Waals surface area contributed by atoms with Gasteiger partial charge in [-0.3, -0.25) is 0 Å². The Balaban J connectivity index is 1.08. The smallest absolute Gasteiger partial charge is 0.180 e.